The van der Waals surface area contributed by atoms with Crippen LogP contribution in [0.2, 0.25) is 0 Å². The first-order chi connectivity index (χ1) is 16.2. The lowest BCUT2D eigenvalue weighted by atomic mass is 9.98. The average molecular weight is 440 g/mol. The number of hydrogen-bond donors (Lipinski definition) is 2. The number of H-pyrrole nitrogens is 1. The van der Waals surface area contributed by atoms with Crippen LogP contribution in [-0.2, 0) is 22.6 Å². The smallest absolute Gasteiger partial charge is 0.246 e. The second-order valence-corrected chi connectivity index (χ2v) is 8.90. The molecule has 0 spiro atoms. The summed E-state index contributed by atoms with van der Waals surface area (Å²) < 4.78 is 0. The first-order valence-corrected chi connectivity index (χ1v) is 11.4. The Morgan fingerprint density at radius 2 is 1.85 bits per heavy atom. The molecule has 2 atom stereocenters. The third-order valence-electron chi connectivity index (χ3n) is 6.87. The highest BCUT2D eigenvalue weighted by molar-refractivity contribution is 5.98. The van der Waals surface area contributed by atoms with E-state index >= 15 is 0 Å². The number of carbonyl (C=O) groups is 2. The number of hydrogen-bond acceptors (Lipinski definition) is 4. The molecule has 2 aliphatic rings. The Morgan fingerprint density at radius 3 is 2.79 bits per heavy atom. The van der Waals surface area contributed by atoms with Crippen LogP contribution in [0, 0.1) is 0 Å². The minimum Gasteiger partial charge on any atom is -0.361 e. The van der Waals surface area contributed by atoms with Crippen molar-refractivity contribution >= 4 is 33.6 Å². The minimum atomic E-state index is -0.526. The van der Waals surface area contributed by atoms with Gasteiger partial charge in [-0.05, 0) is 23.3 Å². The van der Waals surface area contributed by atoms with Gasteiger partial charge in [0.05, 0.1) is 5.52 Å². The summed E-state index contributed by atoms with van der Waals surface area (Å²) in [6.07, 6.45) is 4.24. The van der Waals surface area contributed by atoms with E-state index in [0.717, 1.165) is 39.5 Å². The maximum atomic E-state index is 13.3. The van der Waals surface area contributed by atoms with Crippen molar-refractivity contribution in [1.29, 1.82) is 0 Å². The highest BCUT2D eigenvalue weighted by Gasteiger charge is 2.43. The maximum Gasteiger partial charge on any atom is 0.246 e. The lowest BCUT2D eigenvalue weighted by Gasteiger charge is -2.45. The molecule has 2 fully saturated rings. The summed E-state index contributed by atoms with van der Waals surface area (Å²) in [6, 6.07) is 17.2. The van der Waals surface area contributed by atoms with Crippen LogP contribution in [0.25, 0.3) is 21.8 Å². The van der Waals surface area contributed by atoms with E-state index in [1.807, 2.05) is 48.8 Å². The lowest BCUT2D eigenvalue weighted by Crippen LogP contribution is -2.69. The van der Waals surface area contributed by atoms with E-state index in [-0.39, 0.29) is 11.8 Å². The number of nitrogens with one attached hydrogen (secondary N) is 2. The van der Waals surface area contributed by atoms with Crippen LogP contribution in [0.15, 0.2) is 67.0 Å². The molecule has 4 aromatic rings. The lowest BCUT2D eigenvalue weighted by molar-refractivity contribution is -0.153. The predicted molar refractivity (Wildman–Crippen MR) is 126 cm³/mol. The quantitative estimate of drug-likeness (QED) is 0.512. The molecule has 2 aromatic heterocycles. The van der Waals surface area contributed by atoms with Gasteiger partial charge in [0.1, 0.15) is 12.1 Å². The van der Waals surface area contributed by atoms with E-state index in [1.165, 1.54) is 0 Å². The SMILES string of the molecule is O=C1N[C@@H](Cc2c[nH]c3ccccc23)C(=O)N2CCN(Cc3cccc4cccnc34)C[C@H]12. The topological polar surface area (TPSA) is 81.3 Å². The number of nitrogens with zero attached hydrogens (tertiary/aromatic N) is 3. The molecular weight excluding hydrogens is 414 g/mol. The summed E-state index contributed by atoms with van der Waals surface area (Å²) in [6.45, 7) is 2.53. The fourth-order valence-electron chi connectivity index (χ4n) is 5.20. The maximum absolute atomic E-state index is 13.3. The number of piperazine rings is 2. The fourth-order valence-corrected chi connectivity index (χ4v) is 5.20. The second-order valence-electron chi connectivity index (χ2n) is 8.90. The molecule has 33 heavy (non-hydrogen) atoms. The molecule has 166 valence electrons. The van der Waals surface area contributed by atoms with Crippen LogP contribution in [-0.4, -0.2) is 63.3 Å². The molecule has 0 radical (unpaired) electrons. The van der Waals surface area contributed by atoms with E-state index in [0.29, 0.717) is 26.1 Å². The molecule has 2 amide bonds. The van der Waals surface area contributed by atoms with Gasteiger partial charge in [0.2, 0.25) is 11.8 Å². The van der Waals surface area contributed by atoms with Gasteiger partial charge >= 0.3 is 0 Å². The van der Waals surface area contributed by atoms with Crippen LogP contribution >= 0.6 is 0 Å². The number of rotatable bonds is 4. The molecule has 0 bridgehead atoms. The number of pyridine rings is 1. The molecule has 7 heteroatoms. The van der Waals surface area contributed by atoms with Gasteiger partial charge in [-0.1, -0.05) is 42.5 Å². The van der Waals surface area contributed by atoms with Crippen molar-refractivity contribution in [3.63, 3.8) is 0 Å². The second kappa shape index (κ2) is 8.01. The summed E-state index contributed by atoms with van der Waals surface area (Å²) in [4.78, 5) is 38.1. The number of para-hydroxylation sites is 2. The first kappa shape index (κ1) is 19.9. The van der Waals surface area contributed by atoms with Crippen LogP contribution in [0.4, 0.5) is 0 Å². The Morgan fingerprint density at radius 1 is 0.970 bits per heavy atom. The van der Waals surface area contributed by atoms with Crippen molar-refractivity contribution in [1.82, 2.24) is 25.1 Å². The Hall–Kier alpha value is -3.71. The third-order valence-corrected chi connectivity index (χ3v) is 6.87. The van der Waals surface area contributed by atoms with Crippen LogP contribution < -0.4 is 5.32 Å². The highest BCUT2D eigenvalue weighted by Crippen LogP contribution is 2.24. The van der Waals surface area contributed by atoms with Crippen molar-refractivity contribution in [2.45, 2.75) is 25.0 Å². The summed E-state index contributed by atoms with van der Waals surface area (Å²) in [5, 5.41) is 5.20. The molecular formula is C26H25N5O2. The van der Waals surface area contributed by atoms with Gasteiger partial charge in [0, 0.05) is 61.3 Å². The fraction of sp³-hybridized carbons (Fsp3) is 0.269. The molecule has 2 aliphatic heterocycles. The molecule has 6 rings (SSSR count). The number of amides is 2. The zero-order valence-electron chi connectivity index (χ0n) is 18.2. The predicted octanol–water partition coefficient (Wildman–Crippen LogP) is 2.47. The Kier molecular flexibility index (Phi) is 4.84. The number of aromatic amines is 1. The summed E-state index contributed by atoms with van der Waals surface area (Å²) in [7, 11) is 0. The van der Waals surface area contributed by atoms with E-state index < -0.39 is 12.1 Å². The van der Waals surface area contributed by atoms with Gasteiger partial charge in [-0.2, -0.15) is 0 Å². The van der Waals surface area contributed by atoms with Crippen molar-refractivity contribution in [3.05, 3.63) is 78.1 Å². The average Bonchev–Trinajstić information content (AvgIpc) is 3.25. The van der Waals surface area contributed by atoms with E-state index in [2.05, 4.69) is 38.4 Å². The molecule has 0 saturated carbocycles. The van der Waals surface area contributed by atoms with Gasteiger partial charge < -0.3 is 15.2 Å². The number of carbonyl (C=O) groups excluding carboxylic acids is 2. The van der Waals surface area contributed by atoms with Crippen LogP contribution in [0.5, 0.6) is 0 Å². The Balaban J connectivity index is 1.17. The Bertz CT molecular complexity index is 1360. The van der Waals surface area contributed by atoms with Crippen LogP contribution in [0.1, 0.15) is 11.1 Å². The monoisotopic (exact) mass is 439 g/mol. The third kappa shape index (κ3) is 3.54. The largest absolute Gasteiger partial charge is 0.361 e. The Labute approximate surface area is 191 Å². The van der Waals surface area contributed by atoms with E-state index in [4.69, 9.17) is 0 Å². The molecule has 0 aliphatic carbocycles. The molecule has 2 aromatic carbocycles. The van der Waals surface area contributed by atoms with Gasteiger partial charge in [-0.25, -0.2) is 0 Å². The van der Waals surface area contributed by atoms with E-state index in [9.17, 15) is 9.59 Å². The van der Waals surface area contributed by atoms with Crippen molar-refractivity contribution in [3.8, 4) is 0 Å². The summed E-state index contributed by atoms with van der Waals surface area (Å²) in [5.41, 5.74) is 4.22. The van der Waals surface area contributed by atoms with E-state index in [1.54, 1.807) is 4.90 Å². The molecule has 4 heterocycles. The molecule has 2 N–H and O–H groups in total. The van der Waals surface area contributed by atoms with Gasteiger partial charge in [-0.15, -0.1) is 0 Å². The number of aromatic nitrogens is 2. The van der Waals surface area contributed by atoms with Crippen molar-refractivity contribution < 1.29 is 9.59 Å². The minimum absolute atomic E-state index is 0.0105. The standard InChI is InChI=1S/C26H25N5O2/c32-25-23-16-30(15-18-6-3-5-17-7-4-10-27-24(17)18)11-12-31(23)26(33)22(29-25)13-19-14-28-21-9-2-1-8-20(19)21/h1-10,14,22-23,28H,11-13,15-16H2,(H,29,32)/t22-,23+/m0/s1. The van der Waals surface area contributed by atoms with Gasteiger partial charge in [0.25, 0.3) is 0 Å². The molecule has 7 nitrogen and oxygen atoms in total. The first-order valence-electron chi connectivity index (χ1n) is 11.4. The highest BCUT2D eigenvalue weighted by atomic mass is 16.2. The van der Waals surface area contributed by atoms with Crippen molar-refractivity contribution in [2.24, 2.45) is 0 Å². The van der Waals surface area contributed by atoms with Gasteiger partial charge in [0.15, 0.2) is 0 Å². The summed E-state index contributed by atoms with van der Waals surface area (Å²) >= 11 is 0. The number of benzene rings is 2. The van der Waals surface area contributed by atoms with Crippen LogP contribution in [0.3, 0.4) is 0 Å². The molecule has 2 saturated heterocycles. The molecule has 0 unspecified atom stereocenters. The van der Waals surface area contributed by atoms with Crippen molar-refractivity contribution in [2.75, 3.05) is 19.6 Å². The summed E-state index contributed by atoms with van der Waals surface area (Å²) in [5.74, 6) is -0.0588. The zero-order valence-corrected chi connectivity index (χ0v) is 18.2. The number of fused-ring (bicyclic) bond motifs is 3. The normalized spacial score (nSPS) is 21.4. The zero-order chi connectivity index (χ0) is 22.4. The van der Waals surface area contributed by atoms with Gasteiger partial charge in [-0.3, -0.25) is 19.5 Å².